The van der Waals surface area contributed by atoms with E-state index in [1.54, 1.807) is 0 Å². The Morgan fingerprint density at radius 1 is 1.18 bits per heavy atom. The van der Waals surface area contributed by atoms with Gasteiger partial charge in [0.25, 0.3) is 17.2 Å². The molecule has 2 amide bonds. The summed E-state index contributed by atoms with van der Waals surface area (Å²) in [5, 5.41) is 0. The Balaban J connectivity index is 2.04. The van der Waals surface area contributed by atoms with Crippen LogP contribution in [0.25, 0.3) is 0 Å². The second-order valence-corrected chi connectivity index (χ2v) is 9.54. The van der Waals surface area contributed by atoms with Crippen LogP contribution in [0.1, 0.15) is 32.1 Å². The molecule has 0 aromatic heterocycles. The molecular weight excluding hydrogens is 492 g/mol. The van der Waals surface area contributed by atoms with E-state index >= 15 is 0 Å². The third kappa shape index (κ3) is 8.32. The van der Waals surface area contributed by atoms with Gasteiger partial charge in [0.1, 0.15) is 12.3 Å². The van der Waals surface area contributed by atoms with Gasteiger partial charge >= 0.3 is 0 Å². The molecule has 0 aromatic carbocycles. The minimum Gasteiger partial charge on any atom is -0.337 e. The lowest BCUT2D eigenvalue weighted by Crippen LogP contribution is -2.46. The van der Waals surface area contributed by atoms with Crippen LogP contribution in [-0.2, 0) is 9.59 Å². The summed E-state index contributed by atoms with van der Waals surface area (Å²) in [6.07, 6.45) is -0.722. The number of hydrogen-bond acceptors (Lipinski definition) is 4. The average molecular weight is 518 g/mol. The van der Waals surface area contributed by atoms with Gasteiger partial charge < -0.3 is 9.80 Å². The molecular formula is C19H26F6N4O2P2. The van der Waals surface area contributed by atoms with Crippen molar-refractivity contribution in [3.63, 3.8) is 0 Å². The van der Waals surface area contributed by atoms with Gasteiger partial charge in [-0.05, 0) is 19.6 Å². The Kier molecular flexibility index (Phi) is 9.07. The molecule has 186 valence electrons. The maximum atomic E-state index is 14.1. The van der Waals surface area contributed by atoms with E-state index in [4.69, 9.17) is 0 Å². The van der Waals surface area contributed by atoms with E-state index in [9.17, 15) is 35.9 Å². The van der Waals surface area contributed by atoms with Gasteiger partial charge in [0.15, 0.2) is 0 Å². The Morgan fingerprint density at radius 3 is 2.42 bits per heavy atom. The number of carbonyl (C=O) groups is 2. The molecule has 0 saturated carbocycles. The van der Waals surface area contributed by atoms with Crippen LogP contribution in [-0.4, -0.2) is 84.0 Å². The maximum absolute atomic E-state index is 14.1. The third-order valence-electron chi connectivity index (χ3n) is 5.21. The molecule has 2 heterocycles. The van der Waals surface area contributed by atoms with E-state index in [0.29, 0.717) is 0 Å². The predicted octanol–water partition coefficient (Wildman–Crippen LogP) is 3.59. The van der Waals surface area contributed by atoms with Crippen molar-refractivity contribution in [3.8, 4) is 0 Å². The largest absolute Gasteiger partial charge is 0.337 e. The van der Waals surface area contributed by atoms with Crippen LogP contribution in [0, 0.1) is 0 Å². The molecule has 2 unspecified atom stereocenters. The van der Waals surface area contributed by atoms with Crippen molar-refractivity contribution in [3.05, 3.63) is 11.3 Å². The van der Waals surface area contributed by atoms with E-state index in [0.717, 1.165) is 4.90 Å². The minimum atomic E-state index is -3.59. The minimum absolute atomic E-state index is 0.000978. The molecule has 0 spiro atoms. The molecule has 2 aliphatic heterocycles. The molecule has 2 rings (SSSR count). The smallest absolute Gasteiger partial charge is 0.300 e. The van der Waals surface area contributed by atoms with Crippen LogP contribution in [0.4, 0.5) is 26.3 Å². The first-order valence-electron chi connectivity index (χ1n) is 10.1. The zero-order chi connectivity index (χ0) is 25.0. The molecule has 1 fully saturated rings. The molecule has 0 radical (unpaired) electrons. The topological polar surface area (TPSA) is 65.3 Å². The first kappa shape index (κ1) is 27.7. The van der Waals surface area contributed by atoms with Gasteiger partial charge in [-0.1, -0.05) is 18.5 Å². The van der Waals surface area contributed by atoms with Crippen LogP contribution < -0.4 is 0 Å². The molecule has 33 heavy (non-hydrogen) atoms. The fourth-order valence-electron chi connectivity index (χ4n) is 3.62. The molecule has 2 atom stereocenters. The highest BCUT2D eigenvalue weighted by Gasteiger charge is 2.39. The van der Waals surface area contributed by atoms with Crippen LogP contribution in [0.3, 0.4) is 0 Å². The number of nitrogens with zero attached hydrogens (tertiary/aromatic N) is 4. The second-order valence-electron chi connectivity index (χ2n) is 7.97. The Labute approximate surface area is 192 Å². The van der Waals surface area contributed by atoms with E-state index < -0.39 is 48.4 Å². The quantitative estimate of drug-likeness (QED) is 0.266. The summed E-state index contributed by atoms with van der Waals surface area (Å²) in [7, 11) is 2.49. The van der Waals surface area contributed by atoms with Crippen molar-refractivity contribution in [1.82, 2.24) is 9.80 Å². The normalized spacial score (nSPS) is 20.4. The van der Waals surface area contributed by atoms with Gasteiger partial charge in [-0.15, -0.1) is 0 Å². The molecule has 1 saturated heterocycles. The number of rotatable bonds is 9. The fourth-order valence-corrected chi connectivity index (χ4v) is 3.98. The molecule has 6 nitrogen and oxygen atoms in total. The van der Waals surface area contributed by atoms with Crippen molar-refractivity contribution in [1.29, 1.82) is 0 Å². The SMILES string of the molecule is C=NC1=C(/C(=N\CC(F)(F)P)C(F)(F)P)CCN(C(=O)CCCN2CC(F)(F)CCC2=O)C1. The number of alkyl halides is 6. The van der Waals surface area contributed by atoms with Gasteiger partial charge in [0.05, 0.1) is 18.8 Å². The number of carbonyl (C=O) groups excluding carboxylic acids is 2. The predicted molar refractivity (Wildman–Crippen MR) is 119 cm³/mol. The number of halogens is 6. The van der Waals surface area contributed by atoms with Gasteiger partial charge in [-0.2, -0.15) is 8.78 Å². The van der Waals surface area contributed by atoms with Gasteiger partial charge in [-0.25, -0.2) is 17.6 Å². The Hall–Kier alpha value is -1.54. The average Bonchev–Trinajstić information content (AvgIpc) is 2.68. The zero-order valence-electron chi connectivity index (χ0n) is 17.8. The summed E-state index contributed by atoms with van der Waals surface area (Å²) >= 11 is 0. The molecule has 0 aromatic rings. The van der Waals surface area contributed by atoms with Gasteiger partial charge in [0.2, 0.25) is 11.8 Å². The first-order valence-corrected chi connectivity index (χ1v) is 11.3. The summed E-state index contributed by atoms with van der Waals surface area (Å²) in [6, 6.07) is 0. The lowest BCUT2D eigenvalue weighted by Gasteiger charge is -2.33. The van der Waals surface area contributed by atoms with E-state index in [1.807, 2.05) is 0 Å². The highest BCUT2D eigenvalue weighted by molar-refractivity contribution is 7.20. The van der Waals surface area contributed by atoms with Gasteiger partial charge in [-0.3, -0.25) is 19.6 Å². The van der Waals surface area contributed by atoms with Crippen LogP contribution >= 0.6 is 18.5 Å². The second kappa shape index (κ2) is 10.8. The summed E-state index contributed by atoms with van der Waals surface area (Å²) in [6.45, 7) is 1.33. The molecule has 0 bridgehead atoms. The Bertz CT molecular complexity index is 839. The van der Waals surface area contributed by atoms with Crippen molar-refractivity contribution < 1.29 is 35.9 Å². The monoisotopic (exact) mass is 518 g/mol. The van der Waals surface area contributed by atoms with Crippen molar-refractivity contribution in [2.75, 3.05) is 32.7 Å². The lowest BCUT2D eigenvalue weighted by molar-refractivity contribution is -0.147. The standard InChI is InChI=1S/C19H26F6N4O2P2/c1-26-13-9-28(8-5-12(13)16(19(24,25)33)27-10-18(22,23)32)14(30)3-2-7-29-11-17(20,21)6-4-15(29)31/h1-11,32-33H2/b27-16+. The van der Waals surface area contributed by atoms with Crippen LogP contribution in [0.5, 0.6) is 0 Å². The highest BCUT2D eigenvalue weighted by Crippen LogP contribution is 2.34. The highest BCUT2D eigenvalue weighted by atomic mass is 31.0. The molecule has 2 aliphatic rings. The van der Waals surface area contributed by atoms with E-state index in [1.165, 1.54) is 23.4 Å². The summed E-state index contributed by atoms with van der Waals surface area (Å²) in [4.78, 5) is 33.8. The number of amides is 2. The van der Waals surface area contributed by atoms with E-state index in [2.05, 4.69) is 16.7 Å². The van der Waals surface area contributed by atoms with Crippen LogP contribution in [0.15, 0.2) is 21.3 Å². The summed E-state index contributed by atoms with van der Waals surface area (Å²) in [5.41, 5.74) is -7.83. The molecule has 0 aliphatic carbocycles. The van der Waals surface area contributed by atoms with Gasteiger partial charge in [0, 0.05) is 37.9 Å². The number of likely N-dealkylation sites (tertiary alicyclic amines) is 1. The van der Waals surface area contributed by atoms with Crippen molar-refractivity contribution in [2.24, 2.45) is 9.98 Å². The first-order chi connectivity index (χ1) is 15.1. The third-order valence-corrected chi connectivity index (χ3v) is 5.67. The fraction of sp³-hybridized carbons (Fsp3) is 0.684. The molecule has 0 N–H and O–H groups in total. The summed E-state index contributed by atoms with van der Waals surface area (Å²) in [5.74, 6) is -3.71. The number of aliphatic imine (C=N–C) groups is 2. The lowest BCUT2D eigenvalue weighted by atomic mass is 9.99. The van der Waals surface area contributed by atoms with E-state index in [-0.39, 0.29) is 62.5 Å². The zero-order valence-corrected chi connectivity index (χ0v) is 20.1. The maximum Gasteiger partial charge on any atom is 0.300 e. The van der Waals surface area contributed by atoms with Crippen molar-refractivity contribution in [2.45, 2.75) is 49.4 Å². The molecule has 14 heteroatoms. The summed E-state index contributed by atoms with van der Waals surface area (Å²) < 4.78 is 81.4. The number of piperidine rings is 1. The number of hydrogen-bond donors (Lipinski definition) is 0. The van der Waals surface area contributed by atoms with Crippen LogP contribution in [0.2, 0.25) is 0 Å². The Morgan fingerprint density at radius 2 is 1.85 bits per heavy atom. The van der Waals surface area contributed by atoms with Crippen molar-refractivity contribution >= 4 is 42.7 Å².